The zero-order valence-corrected chi connectivity index (χ0v) is 16.2. The molecule has 1 N–H and O–H groups in total. The number of phenols is 1. The van der Waals surface area contributed by atoms with Gasteiger partial charge in [-0.05, 0) is 36.8 Å². The number of hydrogen-bond acceptors (Lipinski definition) is 5. The van der Waals surface area contributed by atoms with E-state index in [-0.39, 0.29) is 29.9 Å². The first-order valence-corrected chi connectivity index (χ1v) is 9.82. The number of ether oxygens (including phenoxy) is 1. The summed E-state index contributed by atoms with van der Waals surface area (Å²) in [6.07, 6.45) is 0.263. The normalized spacial score (nSPS) is 19.6. The summed E-state index contributed by atoms with van der Waals surface area (Å²) in [5, 5.41) is 10.5. The van der Waals surface area contributed by atoms with Crippen LogP contribution in [-0.4, -0.2) is 53.5 Å². The molecule has 2 aliphatic rings. The first-order chi connectivity index (χ1) is 12.9. The van der Waals surface area contributed by atoms with Crippen LogP contribution in [0.2, 0.25) is 0 Å². The van der Waals surface area contributed by atoms with Crippen LogP contribution < -0.4 is 4.74 Å². The summed E-state index contributed by atoms with van der Waals surface area (Å²) in [7, 11) is 1.73. The van der Waals surface area contributed by atoms with E-state index in [0.717, 1.165) is 16.0 Å². The molecule has 7 heteroatoms. The van der Waals surface area contributed by atoms with E-state index in [0.29, 0.717) is 32.0 Å². The Balaban J connectivity index is 1.62. The van der Waals surface area contributed by atoms with E-state index in [4.69, 9.17) is 4.74 Å². The maximum Gasteiger partial charge on any atom is 0.228 e. The Morgan fingerprint density at radius 3 is 2.81 bits per heavy atom. The van der Waals surface area contributed by atoms with Gasteiger partial charge in [0.25, 0.3) is 0 Å². The molecule has 142 valence electrons. The zero-order valence-electron chi connectivity index (χ0n) is 15.4. The number of aryl methyl sites for hydroxylation is 1. The monoisotopic (exact) mass is 386 g/mol. The SMILES string of the molecule is Cc1ccc(-c2cc(O)c3c(c2)CN(C(=O)[C@@H]2CC(=O)N(C)C2)CCO3)s1. The van der Waals surface area contributed by atoms with Crippen molar-refractivity contribution < 1.29 is 19.4 Å². The number of nitrogens with zero attached hydrogens (tertiary/aromatic N) is 2. The molecule has 1 aromatic carbocycles. The molecule has 0 saturated carbocycles. The Labute approximate surface area is 162 Å². The van der Waals surface area contributed by atoms with Gasteiger partial charge in [0.2, 0.25) is 11.8 Å². The highest BCUT2D eigenvalue weighted by Gasteiger charge is 2.35. The Morgan fingerprint density at radius 2 is 2.15 bits per heavy atom. The van der Waals surface area contributed by atoms with Gasteiger partial charge in [0.1, 0.15) is 6.61 Å². The predicted octanol–water partition coefficient (Wildman–Crippen LogP) is 2.63. The first kappa shape index (κ1) is 17.9. The number of amides is 2. The third kappa shape index (κ3) is 3.39. The third-order valence-corrected chi connectivity index (χ3v) is 6.19. The van der Waals surface area contributed by atoms with Crippen molar-refractivity contribution in [1.82, 2.24) is 9.80 Å². The van der Waals surface area contributed by atoms with Gasteiger partial charge < -0.3 is 19.6 Å². The second-order valence-electron chi connectivity index (χ2n) is 7.18. The highest BCUT2D eigenvalue weighted by molar-refractivity contribution is 7.15. The van der Waals surface area contributed by atoms with E-state index in [2.05, 4.69) is 0 Å². The van der Waals surface area contributed by atoms with Gasteiger partial charge in [-0.25, -0.2) is 0 Å². The number of carbonyl (C=O) groups excluding carboxylic acids is 2. The van der Waals surface area contributed by atoms with Crippen LogP contribution in [0.25, 0.3) is 10.4 Å². The summed E-state index contributed by atoms with van der Waals surface area (Å²) in [5.41, 5.74) is 1.71. The summed E-state index contributed by atoms with van der Waals surface area (Å²) < 4.78 is 5.74. The summed E-state index contributed by atoms with van der Waals surface area (Å²) in [6, 6.07) is 7.77. The molecule has 2 amide bonds. The Hall–Kier alpha value is -2.54. The molecule has 2 aliphatic heterocycles. The van der Waals surface area contributed by atoms with Gasteiger partial charge in [-0.3, -0.25) is 9.59 Å². The molecule has 0 spiro atoms. The van der Waals surface area contributed by atoms with Gasteiger partial charge >= 0.3 is 0 Å². The van der Waals surface area contributed by atoms with Crippen molar-refractivity contribution in [3.63, 3.8) is 0 Å². The molecular weight excluding hydrogens is 364 g/mol. The molecule has 2 aromatic rings. The second kappa shape index (κ2) is 6.88. The number of aromatic hydroxyl groups is 1. The molecule has 1 saturated heterocycles. The Kier molecular flexibility index (Phi) is 4.55. The van der Waals surface area contributed by atoms with E-state index in [9.17, 15) is 14.7 Å². The Bertz CT molecular complexity index is 907. The molecule has 1 fully saturated rings. The summed E-state index contributed by atoms with van der Waals surface area (Å²) in [4.78, 5) is 30.3. The Morgan fingerprint density at radius 1 is 1.33 bits per heavy atom. The van der Waals surface area contributed by atoms with Crippen LogP contribution in [0.3, 0.4) is 0 Å². The zero-order chi connectivity index (χ0) is 19.1. The lowest BCUT2D eigenvalue weighted by atomic mass is 10.0. The quantitative estimate of drug-likeness (QED) is 0.861. The highest BCUT2D eigenvalue weighted by atomic mass is 32.1. The first-order valence-electron chi connectivity index (χ1n) is 9.00. The molecule has 27 heavy (non-hydrogen) atoms. The lowest BCUT2D eigenvalue weighted by molar-refractivity contribution is -0.136. The van der Waals surface area contributed by atoms with Gasteiger partial charge in [0.05, 0.1) is 12.5 Å². The van der Waals surface area contributed by atoms with E-state index in [1.165, 1.54) is 4.88 Å². The number of thiophene rings is 1. The fourth-order valence-electron chi connectivity index (χ4n) is 3.71. The number of fused-ring (bicyclic) bond motifs is 1. The molecule has 6 nitrogen and oxygen atoms in total. The predicted molar refractivity (Wildman–Crippen MR) is 103 cm³/mol. The standard InChI is InChI=1S/C20H22N2O4S/c1-12-3-4-17(27-12)13-7-14-11-22(5-6-26-19(14)16(23)8-13)20(25)15-9-18(24)21(2)10-15/h3-4,7-8,15,23H,5-6,9-11H2,1-2H3/t15-/m1/s1. The molecule has 0 bridgehead atoms. The molecule has 0 unspecified atom stereocenters. The van der Waals surface area contributed by atoms with Crippen LogP contribution in [0.15, 0.2) is 24.3 Å². The van der Waals surface area contributed by atoms with Crippen molar-refractivity contribution in [3.05, 3.63) is 34.7 Å². The number of likely N-dealkylation sites (tertiary alicyclic amines) is 1. The lowest BCUT2D eigenvalue weighted by Gasteiger charge is -2.23. The van der Waals surface area contributed by atoms with Gasteiger partial charge in [-0.15, -0.1) is 11.3 Å². The number of benzene rings is 1. The molecule has 1 atom stereocenters. The molecule has 0 aliphatic carbocycles. The maximum absolute atomic E-state index is 12.9. The third-order valence-electron chi connectivity index (χ3n) is 5.14. The van der Waals surface area contributed by atoms with Gasteiger partial charge in [-0.2, -0.15) is 0 Å². The maximum atomic E-state index is 12.9. The number of hydrogen-bond donors (Lipinski definition) is 1. The van der Waals surface area contributed by atoms with Crippen molar-refractivity contribution in [2.24, 2.45) is 5.92 Å². The van der Waals surface area contributed by atoms with Crippen molar-refractivity contribution >= 4 is 23.2 Å². The average molecular weight is 386 g/mol. The van der Waals surface area contributed by atoms with Crippen molar-refractivity contribution in [1.29, 1.82) is 0 Å². The minimum absolute atomic E-state index is 0.00724. The summed E-state index contributed by atoms with van der Waals surface area (Å²) in [6.45, 7) is 3.63. The molecule has 3 heterocycles. The summed E-state index contributed by atoms with van der Waals surface area (Å²) >= 11 is 1.66. The average Bonchev–Trinajstić information content (AvgIpc) is 3.13. The van der Waals surface area contributed by atoms with Gasteiger partial charge in [-0.1, -0.05) is 0 Å². The number of phenolic OH excluding ortho intramolecular Hbond substituents is 1. The number of carbonyl (C=O) groups is 2. The van der Waals surface area contributed by atoms with Crippen molar-refractivity contribution in [2.45, 2.75) is 19.9 Å². The largest absolute Gasteiger partial charge is 0.504 e. The minimum Gasteiger partial charge on any atom is -0.504 e. The van der Waals surface area contributed by atoms with Crippen LogP contribution >= 0.6 is 11.3 Å². The van der Waals surface area contributed by atoms with Crippen LogP contribution in [0, 0.1) is 12.8 Å². The van der Waals surface area contributed by atoms with Crippen LogP contribution in [0.4, 0.5) is 0 Å². The lowest BCUT2D eigenvalue weighted by Crippen LogP contribution is -2.38. The van der Waals surface area contributed by atoms with Crippen molar-refractivity contribution in [3.8, 4) is 21.9 Å². The second-order valence-corrected chi connectivity index (χ2v) is 8.47. The molecule has 4 rings (SSSR count). The smallest absolute Gasteiger partial charge is 0.228 e. The van der Waals surface area contributed by atoms with E-state index < -0.39 is 0 Å². The van der Waals surface area contributed by atoms with Crippen LogP contribution in [0.5, 0.6) is 11.5 Å². The number of rotatable bonds is 2. The van der Waals surface area contributed by atoms with E-state index in [1.54, 1.807) is 34.3 Å². The fraction of sp³-hybridized carbons (Fsp3) is 0.400. The van der Waals surface area contributed by atoms with E-state index >= 15 is 0 Å². The van der Waals surface area contributed by atoms with Gasteiger partial charge in [0, 0.05) is 41.9 Å². The van der Waals surface area contributed by atoms with Crippen LogP contribution in [-0.2, 0) is 16.1 Å². The molecular formula is C20H22N2O4S. The topological polar surface area (TPSA) is 70.1 Å². The highest BCUT2D eigenvalue weighted by Crippen LogP contribution is 2.39. The molecule has 1 aromatic heterocycles. The van der Waals surface area contributed by atoms with Crippen LogP contribution in [0.1, 0.15) is 16.9 Å². The summed E-state index contributed by atoms with van der Waals surface area (Å²) in [5.74, 6) is 0.218. The van der Waals surface area contributed by atoms with Gasteiger partial charge in [0.15, 0.2) is 11.5 Å². The fourth-order valence-corrected chi connectivity index (χ4v) is 4.56. The molecule has 0 radical (unpaired) electrons. The van der Waals surface area contributed by atoms with Crippen molar-refractivity contribution in [2.75, 3.05) is 26.7 Å². The minimum atomic E-state index is -0.305. The van der Waals surface area contributed by atoms with E-state index in [1.807, 2.05) is 25.1 Å².